The van der Waals surface area contributed by atoms with E-state index in [4.69, 9.17) is 4.74 Å². The van der Waals surface area contributed by atoms with Crippen molar-refractivity contribution in [3.8, 4) is 5.75 Å². The summed E-state index contributed by atoms with van der Waals surface area (Å²) in [4.78, 5) is 0. The second-order valence-electron chi connectivity index (χ2n) is 5.39. The first-order chi connectivity index (χ1) is 9.31. The number of sulfone groups is 1. The molecule has 0 fully saturated rings. The van der Waals surface area contributed by atoms with Gasteiger partial charge in [0.15, 0.2) is 9.84 Å². The zero-order chi connectivity index (χ0) is 15.2. The van der Waals surface area contributed by atoms with Crippen molar-refractivity contribution >= 4 is 9.84 Å². The second-order valence-corrected chi connectivity index (χ2v) is 8.07. The van der Waals surface area contributed by atoms with E-state index in [0.717, 1.165) is 5.75 Å². The van der Waals surface area contributed by atoms with E-state index >= 15 is 0 Å². The van der Waals surface area contributed by atoms with Crippen LogP contribution in [0.4, 0.5) is 0 Å². The molecule has 1 unspecified atom stereocenters. The van der Waals surface area contributed by atoms with Crippen molar-refractivity contribution in [1.29, 1.82) is 0 Å². The molecule has 20 heavy (non-hydrogen) atoms. The normalized spacial score (nSPS) is 13.4. The minimum absolute atomic E-state index is 0.110. The van der Waals surface area contributed by atoms with Crippen molar-refractivity contribution in [3.63, 3.8) is 0 Å². The van der Waals surface area contributed by atoms with E-state index in [2.05, 4.69) is 5.32 Å². The molecule has 0 aliphatic carbocycles. The van der Waals surface area contributed by atoms with Crippen LogP contribution in [0.1, 0.15) is 26.3 Å². The van der Waals surface area contributed by atoms with Crippen molar-refractivity contribution in [1.82, 2.24) is 5.32 Å². The van der Waals surface area contributed by atoms with Gasteiger partial charge in [0.1, 0.15) is 12.4 Å². The van der Waals surface area contributed by atoms with Crippen LogP contribution in [0.2, 0.25) is 0 Å². The van der Waals surface area contributed by atoms with Gasteiger partial charge in [0.05, 0.1) is 11.0 Å². The summed E-state index contributed by atoms with van der Waals surface area (Å²) in [6.45, 7) is 8.40. The van der Waals surface area contributed by atoms with E-state index < -0.39 is 9.84 Å². The molecule has 4 nitrogen and oxygen atoms in total. The highest BCUT2D eigenvalue weighted by Gasteiger charge is 2.15. The van der Waals surface area contributed by atoms with Gasteiger partial charge in [0.2, 0.25) is 0 Å². The minimum atomic E-state index is -2.97. The molecule has 0 bridgehead atoms. The van der Waals surface area contributed by atoms with Gasteiger partial charge < -0.3 is 10.1 Å². The molecule has 114 valence electrons. The van der Waals surface area contributed by atoms with Crippen LogP contribution in [0.25, 0.3) is 0 Å². The fourth-order valence-corrected chi connectivity index (χ4v) is 2.47. The van der Waals surface area contributed by atoms with Crippen molar-refractivity contribution in [3.05, 3.63) is 29.8 Å². The van der Waals surface area contributed by atoms with Crippen LogP contribution in [0.15, 0.2) is 24.3 Å². The maximum absolute atomic E-state index is 11.7. The molecule has 0 amide bonds. The lowest BCUT2D eigenvalue weighted by atomic mass is 10.2. The zero-order valence-corrected chi connectivity index (χ0v) is 13.5. The predicted molar refractivity (Wildman–Crippen MR) is 83.1 cm³/mol. The van der Waals surface area contributed by atoms with Gasteiger partial charge in [0, 0.05) is 12.6 Å². The molecule has 0 saturated carbocycles. The van der Waals surface area contributed by atoms with Crippen LogP contribution in [0.3, 0.4) is 0 Å². The molecule has 0 aromatic heterocycles. The smallest absolute Gasteiger partial charge is 0.153 e. The fourth-order valence-electron chi connectivity index (χ4n) is 1.60. The van der Waals surface area contributed by atoms with Crippen LogP contribution >= 0.6 is 0 Å². The van der Waals surface area contributed by atoms with Crippen LogP contribution in [-0.2, 0) is 9.84 Å². The molecule has 1 rings (SSSR count). The van der Waals surface area contributed by atoms with E-state index in [-0.39, 0.29) is 17.0 Å². The molecule has 1 aromatic rings. The van der Waals surface area contributed by atoms with Crippen LogP contribution < -0.4 is 10.1 Å². The average molecular weight is 299 g/mol. The van der Waals surface area contributed by atoms with Crippen molar-refractivity contribution in [2.45, 2.75) is 39.0 Å². The number of aryl methyl sites for hydroxylation is 1. The Morgan fingerprint density at radius 2 is 1.75 bits per heavy atom. The molecule has 0 spiro atoms. The Morgan fingerprint density at radius 1 is 1.15 bits per heavy atom. The first-order valence-corrected chi connectivity index (χ1v) is 8.67. The fraction of sp³-hybridized carbons (Fsp3) is 0.600. The lowest BCUT2D eigenvalue weighted by molar-refractivity contribution is 0.275. The SMILES string of the molecule is Cc1ccc(OCC(C)NCCS(=O)(=O)C(C)C)cc1. The highest BCUT2D eigenvalue weighted by Crippen LogP contribution is 2.11. The number of rotatable bonds is 8. The molecule has 0 heterocycles. The maximum Gasteiger partial charge on any atom is 0.153 e. The summed E-state index contributed by atoms with van der Waals surface area (Å²) in [5.74, 6) is 0.999. The summed E-state index contributed by atoms with van der Waals surface area (Å²) in [6.07, 6.45) is 0. The van der Waals surface area contributed by atoms with Crippen molar-refractivity contribution in [2.24, 2.45) is 0 Å². The van der Waals surface area contributed by atoms with Crippen LogP contribution in [0, 0.1) is 6.92 Å². The van der Waals surface area contributed by atoms with Gasteiger partial charge >= 0.3 is 0 Å². The van der Waals surface area contributed by atoms with Gasteiger partial charge in [0.25, 0.3) is 0 Å². The van der Waals surface area contributed by atoms with E-state index in [1.165, 1.54) is 5.56 Å². The maximum atomic E-state index is 11.7. The Morgan fingerprint density at radius 3 is 2.30 bits per heavy atom. The third-order valence-electron chi connectivity index (χ3n) is 3.12. The van der Waals surface area contributed by atoms with E-state index in [9.17, 15) is 8.42 Å². The topological polar surface area (TPSA) is 55.4 Å². The largest absolute Gasteiger partial charge is 0.492 e. The van der Waals surface area contributed by atoms with E-state index in [1.54, 1.807) is 13.8 Å². The molecule has 5 heteroatoms. The van der Waals surface area contributed by atoms with Crippen LogP contribution in [-0.4, -0.2) is 38.6 Å². The minimum Gasteiger partial charge on any atom is -0.492 e. The quantitative estimate of drug-likeness (QED) is 0.799. The third kappa shape index (κ3) is 5.92. The first-order valence-electron chi connectivity index (χ1n) is 6.95. The Hall–Kier alpha value is -1.07. The number of hydrogen-bond donors (Lipinski definition) is 1. The molecule has 0 aliphatic rings. The summed E-state index contributed by atoms with van der Waals surface area (Å²) < 4.78 is 28.9. The lowest BCUT2D eigenvalue weighted by Gasteiger charge is -2.15. The van der Waals surface area contributed by atoms with Crippen LogP contribution in [0.5, 0.6) is 5.75 Å². The predicted octanol–water partition coefficient (Wildman–Crippen LogP) is 2.18. The van der Waals surface area contributed by atoms with Crippen molar-refractivity contribution < 1.29 is 13.2 Å². The molecule has 1 N–H and O–H groups in total. The Labute approximate surface area is 122 Å². The third-order valence-corrected chi connectivity index (χ3v) is 5.33. The number of hydrogen-bond acceptors (Lipinski definition) is 4. The standard InChI is InChI=1S/C15H25NO3S/c1-12(2)20(17,18)10-9-16-14(4)11-19-15-7-5-13(3)6-8-15/h5-8,12,14,16H,9-11H2,1-4H3. The van der Waals surface area contributed by atoms with Gasteiger partial charge in [-0.3, -0.25) is 0 Å². The van der Waals surface area contributed by atoms with Gasteiger partial charge in [-0.2, -0.15) is 0 Å². The van der Waals surface area contributed by atoms with Crippen molar-refractivity contribution in [2.75, 3.05) is 18.9 Å². The molecule has 1 aromatic carbocycles. The van der Waals surface area contributed by atoms with Gasteiger partial charge in [-0.15, -0.1) is 0 Å². The summed E-state index contributed by atoms with van der Waals surface area (Å²) >= 11 is 0. The molecule has 0 radical (unpaired) electrons. The second kappa shape index (κ2) is 7.64. The Kier molecular flexibility index (Phi) is 6.49. The molecule has 0 saturated heterocycles. The number of ether oxygens (including phenoxy) is 1. The lowest BCUT2D eigenvalue weighted by Crippen LogP contribution is -2.36. The zero-order valence-electron chi connectivity index (χ0n) is 12.7. The van der Waals surface area contributed by atoms with Gasteiger partial charge in [-0.25, -0.2) is 8.42 Å². The average Bonchev–Trinajstić information content (AvgIpc) is 2.37. The Balaban J connectivity index is 2.27. The monoisotopic (exact) mass is 299 g/mol. The number of nitrogens with one attached hydrogen (secondary N) is 1. The van der Waals surface area contributed by atoms with E-state index in [1.807, 2.05) is 38.1 Å². The summed E-state index contributed by atoms with van der Waals surface area (Å²) in [5, 5.41) is 2.85. The van der Waals surface area contributed by atoms with Gasteiger partial charge in [-0.1, -0.05) is 17.7 Å². The van der Waals surface area contributed by atoms with Gasteiger partial charge in [-0.05, 0) is 39.8 Å². The molecule has 0 aliphatic heterocycles. The Bertz CT molecular complexity index is 494. The van der Waals surface area contributed by atoms with E-state index in [0.29, 0.717) is 13.2 Å². The summed E-state index contributed by atoms with van der Waals surface area (Å²) in [5.41, 5.74) is 1.20. The molecular formula is C15H25NO3S. The first kappa shape index (κ1) is 17.0. The highest BCUT2D eigenvalue weighted by atomic mass is 32.2. The summed E-state index contributed by atoms with van der Waals surface area (Å²) in [7, 11) is -2.97. The highest BCUT2D eigenvalue weighted by molar-refractivity contribution is 7.92. The summed E-state index contributed by atoms with van der Waals surface area (Å²) in [6, 6.07) is 7.99. The molecule has 1 atom stereocenters. The number of benzene rings is 1. The molecular weight excluding hydrogens is 274 g/mol.